The first-order valence-corrected chi connectivity index (χ1v) is 9.65. The number of nitrogens with zero attached hydrogens (tertiary/aromatic N) is 1. The number of nitrogens with one attached hydrogen (secondary N) is 1. The van der Waals surface area contributed by atoms with E-state index in [4.69, 9.17) is 4.74 Å². The average Bonchev–Trinajstić information content (AvgIpc) is 3.32. The molecule has 1 saturated heterocycles. The lowest BCUT2D eigenvalue weighted by molar-refractivity contribution is -0.140. The zero-order chi connectivity index (χ0) is 19.9. The van der Waals surface area contributed by atoms with E-state index in [-0.39, 0.29) is 5.91 Å². The van der Waals surface area contributed by atoms with E-state index >= 15 is 0 Å². The van der Waals surface area contributed by atoms with Gasteiger partial charge < -0.3 is 15.0 Å². The lowest BCUT2D eigenvalue weighted by Crippen LogP contribution is -2.47. The van der Waals surface area contributed by atoms with E-state index in [1.54, 1.807) is 6.07 Å². The molecular formula is C19H17F3N2O3S. The van der Waals surface area contributed by atoms with Gasteiger partial charge in [0.2, 0.25) is 5.91 Å². The first-order valence-electron chi connectivity index (χ1n) is 8.84. The Morgan fingerprint density at radius 2 is 2.07 bits per heavy atom. The van der Waals surface area contributed by atoms with Gasteiger partial charge in [0.1, 0.15) is 24.9 Å². The first kappa shape index (κ1) is 18.8. The van der Waals surface area contributed by atoms with Gasteiger partial charge in [0.05, 0.1) is 4.88 Å². The summed E-state index contributed by atoms with van der Waals surface area (Å²) in [5.74, 6) is -0.346. The van der Waals surface area contributed by atoms with E-state index in [2.05, 4.69) is 0 Å². The van der Waals surface area contributed by atoms with Gasteiger partial charge in [-0.25, -0.2) is 0 Å². The van der Waals surface area contributed by atoms with Gasteiger partial charge in [-0.2, -0.15) is 13.2 Å². The summed E-state index contributed by atoms with van der Waals surface area (Å²) in [6.07, 6.45) is -3.55. The van der Waals surface area contributed by atoms with Crippen LogP contribution < -0.4 is 10.1 Å². The molecule has 1 fully saturated rings. The zero-order valence-electron chi connectivity index (χ0n) is 14.7. The van der Waals surface area contributed by atoms with E-state index in [0.29, 0.717) is 30.9 Å². The quantitative estimate of drug-likeness (QED) is 0.841. The SMILES string of the molecule is O=C(NCC(F)(F)F)C1CCCN1C(=O)c1cc2c(s1)-c1ccccc1OC2. The Bertz CT molecular complexity index is 925. The summed E-state index contributed by atoms with van der Waals surface area (Å²) in [4.78, 5) is 27.9. The third-order valence-corrected chi connectivity index (χ3v) is 6.01. The van der Waals surface area contributed by atoms with E-state index in [0.717, 1.165) is 21.8 Å². The number of halogens is 3. The fourth-order valence-corrected chi connectivity index (χ4v) is 4.69. The lowest BCUT2D eigenvalue weighted by Gasteiger charge is -2.23. The number of hydrogen-bond donors (Lipinski definition) is 1. The van der Waals surface area contributed by atoms with Crippen LogP contribution >= 0.6 is 11.3 Å². The molecule has 2 amide bonds. The molecule has 0 aliphatic carbocycles. The van der Waals surface area contributed by atoms with Crippen LogP contribution in [0.15, 0.2) is 30.3 Å². The molecule has 0 bridgehead atoms. The second-order valence-electron chi connectivity index (χ2n) is 6.74. The Hall–Kier alpha value is -2.55. The molecule has 2 aliphatic rings. The molecule has 5 nitrogen and oxygen atoms in total. The zero-order valence-corrected chi connectivity index (χ0v) is 15.5. The molecule has 1 N–H and O–H groups in total. The number of carbonyl (C=O) groups excluding carboxylic acids is 2. The minimum absolute atomic E-state index is 0.332. The Morgan fingerprint density at radius 1 is 1.29 bits per heavy atom. The third-order valence-electron chi connectivity index (χ3n) is 4.81. The number of benzene rings is 1. The number of hydrogen-bond acceptors (Lipinski definition) is 4. The fraction of sp³-hybridized carbons (Fsp3) is 0.368. The highest BCUT2D eigenvalue weighted by Crippen LogP contribution is 2.42. The molecule has 1 atom stereocenters. The third kappa shape index (κ3) is 3.58. The van der Waals surface area contributed by atoms with Crippen LogP contribution in [0.25, 0.3) is 10.4 Å². The minimum atomic E-state index is -4.48. The average molecular weight is 410 g/mol. The van der Waals surface area contributed by atoms with Crippen LogP contribution in [0.1, 0.15) is 28.1 Å². The summed E-state index contributed by atoms with van der Waals surface area (Å²) in [6, 6.07) is 8.42. The van der Waals surface area contributed by atoms with Crippen molar-refractivity contribution < 1.29 is 27.5 Å². The van der Waals surface area contributed by atoms with Gasteiger partial charge >= 0.3 is 6.18 Å². The molecule has 148 valence electrons. The molecule has 1 aromatic heterocycles. The second kappa shape index (κ2) is 7.12. The molecule has 2 aliphatic heterocycles. The van der Waals surface area contributed by atoms with Gasteiger partial charge in [-0.05, 0) is 31.0 Å². The highest BCUT2D eigenvalue weighted by atomic mass is 32.1. The van der Waals surface area contributed by atoms with Crippen LogP contribution in [0.3, 0.4) is 0 Å². The first-order chi connectivity index (χ1) is 13.3. The van der Waals surface area contributed by atoms with Crippen molar-refractivity contribution in [2.75, 3.05) is 13.1 Å². The van der Waals surface area contributed by atoms with E-state index in [1.165, 1.54) is 16.2 Å². The van der Waals surface area contributed by atoms with Crippen LogP contribution in [0.5, 0.6) is 5.75 Å². The number of thiophene rings is 1. The summed E-state index contributed by atoms with van der Waals surface area (Å²) in [5.41, 5.74) is 1.80. The minimum Gasteiger partial charge on any atom is -0.488 e. The van der Waals surface area contributed by atoms with Gasteiger partial charge in [-0.3, -0.25) is 9.59 Å². The molecule has 28 heavy (non-hydrogen) atoms. The molecular weight excluding hydrogens is 393 g/mol. The highest BCUT2D eigenvalue weighted by molar-refractivity contribution is 7.17. The second-order valence-corrected chi connectivity index (χ2v) is 7.79. The molecule has 1 unspecified atom stereocenters. The maximum atomic E-state index is 13.0. The van der Waals surface area contributed by atoms with Crippen LogP contribution in [0, 0.1) is 0 Å². The van der Waals surface area contributed by atoms with E-state index in [9.17, 15) is 22.8 Å². The van der Waals surface area contributed by atoms with Crippen molar-refractivity contribution in [3.63, 3.8) is 0 Å². The molecule has 1 aromatic carbocycles. The maximum Gasteiger partial charge on any atom is 0.405 e. The lowest BCUT2D eigenvalue weighted by atomic mass is 10.1. The number of rotatable bonds is 3. The van der Waals surface area contributed by atoms with Gasteiger partial charge in [-0.15, -0.1) is 11.3 Å². The number of amides is 2. The smallest absolute Gasteiger partial charge is 0.405 e. The normalized spacial score (nSPS) is 18.2. The molecule has 0 radical (unpaired) electrons. The molecule has 0 saturated carbocycles. The Kier molecular flexibility index (Phi) is 4.78. The van der Waals surface area contributed by atoms with Gasteiger partial charge in [0, 0.05) is 22.5 Å². The topological polar surface area (TPSA) is 58.6 Å². The summed E-state index contributed by atoms with van der Waals surface area (Å²) in [7, 11) is 0. The number of carbonyl (C=O) groups is 2. The van der Waals surface area contributed by atoms with E-state index in [1.807, 2.05) is 29.6 Å². The molecule has 3 heterocycles. The maximum absolute atomic E-state index is 13.0. The highest BCUT2D eigenvalue weighted by Gasteiger charge is 2.37. The van der Waals surface area contributed by atoms with Crippen molar-refractivity contribution in [3.8, 4) is 16.2 Å². The van der Waals surface area contributed by atoms with Crippen molar-refractivity contribution >= 4 is 23.2 Å². The van der Waals surface area contributed by atoms with Gasteiger partial charge in [0.25, 0.3) is 5.91 Å². The van der Waals surface area contributed by atoms with Crippen LogP contribution in [0.2, 0.25) is 0 Å². The number of ether oxygens (including phenoxy) is 1. The van der Waals surface area contributed by atoms with Crippen LogP contribution in [-0.2, 0) is 11.4 Å². The predicted molar refractivity (Wildman–Crippen MR) is 97.2 cm³/mol. The number of para-hydroxylation sites is 1. The fourth-order valence-electron chi connectivity index (χ4n) is 3.53. The van der Waals surface area contributed by atoms with Crippen molar-refractivity contribution in [3.05, 3.63) is 40.8 Å². The molecule has 4 rings (SSSR count). The largest absolute Gasteiger partial charge is 0.488 e. The van der Waals surface area contributed by atoms with Crippen molar-refractivity contribution in [1.82, 2.24) is 10.2 Å². The number of alkyl halides is 3. The van der Waals surface area contributed by atoms with Gasteiger partial charge in [0.15, 0.2) is 0 Å². The summed E-state index contributed by atoms with van der Waals surface area (Å²) < 4.78 is 42.8. The summed E-state index contributed by atoms with van der Waals surface area (Å²) >= 11 is 1.32. The standard InChI is InChI=1S/C19H17F3N2O3S/c20-19(21,22)10-23-17(25)13-5-3-7-24(13)18(26)15-8-11-9-27-14-6-2-1-4-12(14)16(11)28-15/h1-2,4,6,8,13H,3,5,7,9-10H2,(H,23,25). The molecule has 0 spiro atoms. The monoisotopic (exact) mass is 410 g/mol. The number of likely N-dealkylation sites (tertiary alicyclic amines) is 1. The van der Waals surface area contributed by atoms with Crippen molar-refractivity contribution in [1.29, 1.82) is 0 Å². The summed E-state index contributed by atoms with van der Waals surface area (Å²) in [6.45, 7) is -0.698. The Balaban J connectivity index is 1.54. The molecule has 2 aromatic rings. The van der Waals surface area contributed by atoms with Crippen LogP contribution in [-0.4, -0.2) is 42.0 Å². The predicted octanol–water partition coefficient (Wildman–Crippen LogP) is 3.59. The molecule has 9 heteroatoms. The van der Waals surface area contributed by atoms with Crippen LogP contribution in [0.4, 0.5) is 13.2 Å². The Labute approximate surface area is 163 Å². The van der Waals surface area contributed by atoms with Gasteiger partial charge in [-0.1, -0.05) is 12.1 Å². The number of fused-ring (bicyclic) bond motifs is 3. The van der Waals surface area contributed by atoms with E-state index < -0.39 is 24.7 Å². The Morgan fingerprint density at radius 3 is 2.86 bits per heavy atom. The van der Waals surface area contributed by atoms with Crippen molar-refractivity contribution in [2.24, 2.45) is 0 Å². The summed E-state index contributed by atoms with van der Waals surface area (Å²) in [5, 5.41) is 1.89. The van der Waals surface area contributed by atoms with Crippen molar-refractivity contribution in [2.45, 2.75) is 31.7 Å².